The van der Waals surface area contributed by atoms with Gasteiger partial charge in [-0.15, -0.1) is 12.4 Å². The quantitative estimate of drug-likeness (QED) is 0.872. The lowest BCUT2D eigenvalue weighted by molar-refractivity contribution is -0.117. The highest BCUT2D eigenvalue weighted by atomic mass is 35.5. The molecule has 1 saturated heterocycles. The molecule has 0 aliphatic carbocycles. The van der Waals surface area contributed by atoms with Gasteiger partial charge in [0.1, 0.15) is 0 Å². The highest BCUT2D eigenvalue weighted by Crippen LogP contribution is 2.24. The van der Waals surface area contributed by atoms with E-state index in [1.165, 1.54) is 0 Å². The number of carbonyl (C=O) groups is 2. The van der Waals surface area contributed by atoms with Gasteiger partial charge in [-0.25, -0.2) is 0 Å². The number of benzene rings is 1. The molecule has 0 aromatic heterocycles. The molecule has 0 atom stereocenters. The molecule has 3 N–H and O–H groups in total. The van der Waals surface area contributed by atoms with Crippen LogP contribution in [-0.4, -0.2) is 24.9 Å². The molecule has 0 unspecified atom stereocenters. The summed E-state index contributed by atoms with van der Waals surface area (Å²) in [6, 6.07) is 7.40. The summed E-state index contributed by atoms with van der Waals surface area (Å²) in [6.07, 6.45) is 2.60. The van der Waals surface area contributed by atoms with E-state index in [1.807, 2.05) is 24.3 Å². The zero-order valence-electron chi connectivity index (χ0n) is 11.3. The topological polar surface area (TPSA) is 75.4 Å². The van der Waals surface area contributed by atoms with Gasteiger partial charge in [0.2, 0.25) is 11.8 Å². The van der Waals surface area contributed by atoms with Gasteiger partial charge in [-0.3, -0.25) is 9.59 Å². The minimum atomic E-state index is -0.0460. The average Bonchev–Trinajstić information content (AvgIpc) is 2.83. The fourth-order valence-electron chi connectivity index (χ4n) is 2.16. The molecule has 6 heteroatoms. The van der Waals surface area contributed by atoms with Crippen LogP contribution in [0.5, 0.6) is 0 Å². The SMILES string of the molecule is Cl.NCCCC(=O)Nc1cccc(N2CCCC2=O)c1. The molecule has 20 heavy (non-hydrogen) atoms. The number of rotatable bonds is 5. The summed E-state index contributed by atoms with van der Waals surface area (Å²) in [7, 11) is 0. The molecule has 1 aromatic carbocycles. The predicted molar refractivity (Wildman–Crippen MR) is 82.2 cm³/mol. The smallest absolute Gasteiger partial charge is 0.227 e. The van der Waals surface area contributed by atoms with Gasteiger partial charge in [-0.2, -0.15) is 0 Å². The molecule has 1 aromatic rings. The third-order valence-electron chi connectivity index (χ3n) is 3.12. The molecule has 0 saturated carbocycles. The Kier molecular flexibility index (Phi) is 6.48. The van der Waals surface area contributed by atoms with Crippen LogP contribution >= 0.6 is 12.4 Å². The first-order valence-corrected chi connectivity index (χ1v) is 6.61. The van der Waals surface area contributed by atoms with Crippen molar-refractivity contribution in [2.24, 2.45) is 5.73 Å². The molecule has 0 spiro atoms. The molecule has 2 rings (SSSR count). The first-order chi connectivity index (χ1) is 9.20. The number of halogens is 1. The standard InChI is InChI=1S/C14H19N3O2.ClH/c15-8-2-6-13(18)16-11-4-1-5-12(10-11)17-9-3-7-14(17)19;/h1,4-5,10H,2-3,6-9,15H2,(H,16,18);1H. The normalized spacial score (nSPS) is 14.1. The Morgan fingerprint density at radius 3 is 2.85 bits per heavy atom. The van der Waals surface area contributed by atoms with Crippen molar-refractivity contribution in [2.75, 3.05) is 23.3 Å². The van der Waals surface area contributed by atoms with E-state index in [2.05, 4.69) is 5.32 Å². The van der Waals surface area contributed by atoms with Crippen LogP contribution in [0.15, 0.2) is 24.3 Å². The summed E-state index contributed by atoms with van der Waals surface area (Å²) in [6.45, 7) is 1.26. The highest BCUT2D eigenvalue weighted by molar-refractivity contribution is 5.97. The molecule has 2 amide bonds. The van der Waals surface area contributed by atoms with Crippen molar-refractivity contribution in [3.63, 3.8) is 0 Å². The van der Waals surface area contributed by atoms with E-state index < -0.39 is 0 Å². The third kappa shape index (κ3) is 4.21. The summed E-state index contributed by atoms with van der Waals surface area (Å²) in [4.78, 5) is 25.1. The van der Waals surface area contributed by atoms with Gasteiger partial charge in [0.25, 0.3) is 0 Å². The maximum absolute atomic E-state index is 11.7. The summed E-state index contributed by atoms with van der Waals surface area (Å²) in [5, 5.41) is 2.82. The van der Waals surface area contributed by atoms with Gasteiger partial charge in [0.15, 0.2) is 0 Å². The minimum Gasteiger partial charge on any atom is -0.330 e. The van der Waals surface area contributed by atoms with Crippen molar-refractivity contribution in [1.29, 1.82) is 0 Å². The zero-order chi connectivity index (χ0) is 13.7. The van der Waals surface area contributed by atoms with Crippen LogP contribution < -0.4 is 16.0 Å². The molecule has 1 heterocycles. The van der Waals surface area contributed by atoms with Crippen LogP contribution in [0.3, 0.4) is 0 Å². The van der Waals surface area contributed by atoms with Gasteiger partial charge >= 0.3 is 0 Å². The first-order valence-electron chi connectivity index (χ1n) is 6.61. The van der Waals surface area contributed by atoms with E-state index in [0.29, 0.717) is 25.8 Å². The van der Waals surface area contributed by atoms with Crippen LogP contribution in [0.25, 0.3) is 0 Å². The molecule has 5 nitrogen and oxygen atoms in total. The summed E-state index contributed by atoms with van der Waals surface area (Å²) >= 11 is 0. The largest absolute Gasteiger partial charge is 0.330 e. The van der Waals surface area contributed by atoms with Crippen molar-refractivity contribution in [3.8, 4) is 0 Å². The van der Waals surface area contributed by atoms with Gasteiger partial charge in [-0.1, -0.05) is 6.07 Å². The number of hydrogen-bond donors (Lipinski definition) is 2. The summed E-state index contributed by atoms with van der Waals surface area (Å²) in [5.74, 6) is 0.0990. The average molecular weight is 298 g/mol. The maximum atomic E-state index is 11.7. The van der Waals surface area contributed by atoms with E-state index >= 15 is 0 Å². The Balaban J connectivity index is 0.00000200. The predicted octanol–water partition coefficient (Wildman–Crippen LogP) is 1.91. The summed E-state index contributed by atoms with van der Waals surface area (Å²) < 4.78 is 0. The van der Waals surface area contributed by atoms with E-state index in [-0.39, 0.29) is 24.2 Å². The van der Waals surface area contributed by atoms with Crippen LogP contribution in [0, 0.1) is 0 Å². The number of nitrogens with zero attached hydrogens (tertiary/aromatic N) is 1. The van der Waals surface area contributed by atoms with Gasteiger partial charge in [0.05, 0.1) is 0 Å². The van der Waals surface area contributed by atoms with E-state index in [4.69, 9.17) is 5.73 Å². The van der Waals surface area contributed by atoms with Crippen LogP contribution in [-0.2, 0) is 9.59 Å². The summed E-state index contributed by atoms with van der Waals surface area (Å²) in [5.41, 5.74) is 6.94. The number of hydrogen-bond acceptors (Lipinski definition) is 3. The van der Waals surface area contributed by atoms with Crippen molar-refractivity contribution in [3.05, 3.63) is 24.3 Å². The monoisotopic (exact) mass is 297 g/mol. The lowest BCUT2D eigenvalue weighted by Gasteiger charge is -2.16. The molecule has 0 bridgehead atoms. The molecule has 110 valence electrons. The lowest BCUT2D eigenvalue weighted by atomic mass is 10.2. The number of carbonyl (C=O) groups excluding carboxylic acids is 2. The number of anilines is 2. The van der Waals surface area contributed by atoms with Crippen LogP contribution in [0.1, 0.15) is 25.7 Å². The zero-order valence-corrected chi connectivity index (χ0v) is 12.1. The second kappa shape index (κ2) is 7.87. The molecule has 1 aliphatic heterocycles. The number of nitrogens with one attached hydrogen (secondary N) is 1. The van der Waals surface area contributed by atoms with Crippen molar-refractivity contribution >= 4 is 35.6 Å². The van der Waals surface area contributed by atoms with Crippen molar-refractivity contribution in [1.82, 2.24) is 0 Å². The van der Waals surface area contributed by atoms with E-state index in [9.17, 15) is 9.59 Å². The van der Waals surface area contributed by atoms with Crippen LogP contribution in [0.4, 0.5) is 11.4 Å². The second-order valence-electron chi connectivity index (χ2n) is 4.64. The molecule has 1 fully saturated rings. The second-order valence-corrected chi connectivity index (χ2v) is 4.64. The van der Waals surface area contributed by atoms with Crippen molar-refractivity contribution < 1.29 is 9.59 Å². The van der Waals surface area contributed by atoms with Gasteiger partial charge < -0.3 is 16.0 Å². The Morgan fingerprint density at radius 1 is 1.40 bits per heavy atom. The molecular formula is C14H20ClN3O2. The highest BCUT2D eigenvalue weighted by Gasteiger charge is 2.21. The maximum Gasteiger partial charge on any atom is 0.227 e. The number of amides is 2. The lowest BCUT2D eigenvalue weighted by Crippen LogP contribution is -2.23. The molecule has 0 radical (unpaired) electrons. The Bertz CT molecular complexity index is 479. The fourth-order valence-corrected chi connectivity index (χ4v) is 2.16. The van der Waals surface area contributed by atoms with E-state index in [1.54, 1.807) is 4.90 Å². The first kappa shape index (κ1) is 16.5. The van der Waals surface area contributed by atoms with E-state index in [0.717, 1.165) is 24.3 Å². The Hall–Kier alpha value is -1.59. The third-order valence-corrected chi connectivity index (χ3v) is 3.12. The number of nitrogens with two attached hydrogens (primary N) is 1. The minimum absolute atomic E-state index is 0. The fraction of sp³-hybridized carbons (Fsp3) is 0.429. The molecular weight excluding hydrogens is 278 g/mol. The van der Waals surface area contributed by atoms with Gasteiger partial charge in [0, 0.05) is 30.8 Å². The van der Waals surface area contributed by atoms with Crippen molar-refractivity contribution in [2.45, 2.75) is 25.7 Å². The molecule has 1 aliphatic rings. The Labute approximate surface area is 124 Å². The Morgan fingerprint density at radius 2 is 2.20 bits per heavy atom. The van der Waals surface area contributed by atoms with Gasteiger partial charge in [-0.05, 0) is 37.6 Å². The van der Waals surface area contributed by atoms with Crippen LogP contribution in [0.2, 0.25) is 0 Å².